The highest BCUT2D eigenvalue weighted by Gasteiger charge is 2.64. The average Bonchev–Trinajstić information content (AvgIpc) is 3.49. The van der Waals surface area contributed by atoms with Crippen LogP contribution in [-0.2, 0) is 77.9 Å². The third-order valence-electron chi connectivity index (χ3n) is 15.0. The third-order valence-corrected chi connectivity index (χ3v) is 16.8. The fourth-order valence-electron chi connectivity index (χ4n) is 9.77. The van der Waals surface area contributed by atoms with Crippen molar-refractivity contribution in [1.82, 2.24) is 20.4 Å². The van der Waals surface area contributed by atoms with Crippen LogP contribution in [0.25, 0.3) is 0 Å². The lowest BCUT2D eigenvalue weighted by molar-refractivity contribution is -0.162. The van der Waals surface area contributed by atoms with Crippen molar-refractivity contribution in [1.29, 1.82) is 0 Å². The summed E-state index contributed by atoms with van der Waals surface area (Å²) in [6.45, 7) is 15.0. The summed E-state index contributed by atoms with van der Waals surface area (Å²) >= 11 is 8.10. The molecule has 0 radical (unpaired) electrons. The topological polar surface area (TPSA) is 277 Å². The van der Waals surface area contributed by atoms with Crippen LogP contribution in [0.3, 0.4) is 0 Å². The lowest BCUT2D eigenvalue weighted by Gasteiger charge is -2.42. The number of carbonyl (C=O) groups is 8. The zero-order valence-electron chi connectivity index (χ0n) is 49.2. The van der Waals surface area contributed by atoms with Gasteiger partial charge >= 0.3 is 12.1 Å². The van der Waals surface area contributed by atoms with Gasteiger partial charge in [-0.25, -0.2) is 9.59 Å². The van der Waals surface area contributed by atoms with E-state index in [1.165, 1.54) is 56.7 Å². The maximum atomic E-state index is 14.4. The van der Waals surface area contributed by atoms with Crippen molar-refractivity contribution in [3.63, 3.8) is 0 Å². The number of allylic oxidation sites excluding steroid dienone is 3. The number of epoxide rings is 1. The van der Waals surface area contributed by atoms with Crippen LogP contribution < -0.4 is 20.3 Å². The number of ketones is 1. The molecule has 3 fully saturated rings. The minimum Gasteiger partial charge on any atom is -0.495 e. The van der Waals surface area contributed by atoms with Crippen LogP contribution in [0.5, 0.6) is 5.75 Å². The van der Waals surface area contributed by atoms with Crippen molar-refractivity contribution in [3.05, 3.63) is 46.5 Å². The van der Waals surface area contributed by atoms with Crippen molar-refractivity contribution < 1.29 is 86.1 Å². The van der Waals surface area contributed by atoms with E-state index in [0.717, 1.165) is 16.0 Å². The minimum absolute atomic E-state index is 0.0348. The Morgan fingerprint density at radius 2 is 1.61 bits per heavy atom. The summed E-state index contributed by atoms with van der Waals surface area (Å²) in [5, 5.41) is 16.6. The van der Waals surface area contributed by atoms with E-state index in [0.29, 0.717) is 70.5 Å². The van der Waals surface area contributed by atoms with Crippen LogP contribution in [0.1, 0.15) is 99.0 Å². The summed E-state index contributed by atoms with van der Waals surface area (Å²) in [7, 11) is 5.89. The molecule has 4 aliphatic rings. The number of nitrogens with zero attached hydrogens (tertiary/aromatic N) is 3. The Morgan fingerprint density at radius 1 is 0.963 bits per heavy atom. The number of halogens is 1. The molecule has 4 heterocycles. The van der Waals surface area contributed by atoms with Crippen LogP contribution in [0.4, 0.5) is 10.5 Å². The second-order valence-electron chi connectivity index (χ2n) is 21.9. The van der Waals surface area contributed by atoms with E-state index in [-0.39, 0.29) is 68.5 Å². The number of rotatable bonds is 28. The molecule has 82 heavy (non-hydrogen) atoms. The number of benzene rings is 1. The molecule has 25 heteroatoms. The normalized spacial score (nSPS) is 26.4. The minimum atomic E-state index is -1.89. The first-order valence-corrected chi connectivity index (χ1v) is 28.9. The summed E-state index contributed by atoms with van der Waals surface area (Å²) in [6.07, 6.45) is 0.784. The number of methoxy groups -OCH3 is 2. The summed E-state index contributed by atoms with van der Waals surface area (Å²) < 4.78 is 50.5. The van der Waals surface area contributed by atoms with E-state index >= 15 is 0 Å². The van der Waals surface area contributed by atoms with Gasteiger partial charge in [0.1, 0.15) is 46.5 Å². The molecule has 458 valence electrons. The molecule has 3 saturated heterocycles. The molecule has 23 nitrogen and oxygen atoms in total. The first-order chi connectivity index (χ1) is 38.7. The van der Waals surface area contributed by atoms with Crippen LogP contribution >= 0.6 is 23.4 Å². The van der Waals surface area contributed by atoms with E-state index < -0.39 is 99.8 Å². The molecule has 1 aromatic rings. The second-order valence-corrected chi connectivity index (χ2v) is 24.1. The van der Waals surface area contributed by atoms with Crippen LogP contribution in [0.15, 0.2) is 35.9 Å². The molecule has 0 saturated carbocycles. The molecule has 9 atom stereocenters. The predicted molar refractivity (Wildman–Crippen MR) is 303 cm³/mol. The number of thioether (sulfide) groups is 1. The Hall–Kier alpha value is -5.18. The number of alkyl carbamates (subject to hydrolysis) is 1. The average molecular weight is 1190 g/mol. The summed E-state index contributed by atoms with van der Waals surface area (Å²) in [5.74, 6) is -3.09. The van der Waals surface area contributed by atoms with Gasteiger partial charge in [-0.1, -0.05) is 56.2 Å². The largest absolute Gasteiger partial charge is 0.495 e. The maximum absolute atomic E-state index is 14.4. The zero-order valence-corrected chi connectivity index (χ0v) is 50.7. The van der Waals surface area contributed by atoms with Gasteiger partial charge in [0.2, 0.25) is 29.5 Å². The Kier molecular flexibility index (Phi) is 25.6. The van der Waals surface area contributed by atoms with Crippen molar-refractivity contribution in [2.45, 2.75) is 152 Å². The van der Waals surface area contributed by atoms with Crippen molar-refractivity contribution in [2.75, 3.05) is 99.2 Å². The van der Waals surface area contributed by atoms with E-state index in [2.05, 4.69) is 10.6 Å². The Morgan fingerprint density at radius 3 is 2.24 bits per heavy atom. The molecule has 1 unspecified atom stereocenters. The van der Waals surface area contributed by atoms with Gasteiger partial charge in [-0.15, -0.1) is 11.8 Å². The number of carbonyl (C=O) groups excluding carboxylic acids is 8. The van der Waals surface area contributed by atoms with Crippen molar-refractivity contribution >= 4 is 76.4 Å². The summed E-state index contributed by atoms with van der Waals surface area (Å²) in [6, 6.07) is 2.38. The number of Topliss-reactive ketones (excluding diaryl/α,β-unsaturated/α-hetero) is 1. The molecular formula is C57H84ClN5O18S. The first-order valence-electron chi connectivity index (χ1n) is 27.7. The molecule has 0 aliphatic carbocycles. The SMILES string of the molecule is COc1cc2cc(c1Cl)N(C)C(=O)C[C@H](OC(=O)[C@H](C)N(C)C(=O)CCC(C)(C)SC1CC(=O)N(CCC(=O)NCCOCCOCCOCCOCCC(C)=O)C1=O)[C@]1(C)O[C@H]1[C@H](C)[C@@H]1C[C@@](O)(NC(=O)O1)[C@H](OC)/C=C/C=C(\C)C2. The molecule has 4 aliphatic heterocycles. The third kappa shape index (κ3) is 19.2. The van der Waals surface area contributed by atoms with E-state index in [9.17, 15) is 43.5 Å². The van der Waals surface area contributed by atoms with E-state index in [1.54, 1.807) is 45.2 Å². The summed E-state index contributed by atoms with van der Waals surface area (Å²) in [4.78, 5) is 109. The maximum Gasteiger partial charge on any atom is 0.409 e. The van der Waals surface area contributed by atoms with Gasteiger partial charge in [-0.2, -0.15) is 0 Å². The van der Waals surface area contributed by atoms with Crippen molar-refractivity contribution in [3.8, 4) is 5.75 Å². The smallest absolute Gasteiger partial charge is 0.409 e. The summed E-state index contributed by atoms with van der Waals surface area (Å²) in [5.41, 5.74) is -1.21. The molecule has 6 amide bonds. The molecule has 5 rings (SSSR count). The number of ether oxygens (including phenoxy) is 9. The van der Waals surface area contributed by atoms with Crippen LogP contribution in [-0.4, -0.2) is 208 Å². The fourth-order valence-corrected chi connectivity index (χ4v) is 11.5. The number of amides is 6. The highest BCUT2D eigenvalue weighted by molar-refractivity contribution is 8.02. The van der Waals surface area contributed by atoms with Gasteiger partial charge in [0, 0.05) is 77.1 Å². The lowest BCUT2D eigenvalue weighted by atomic mass is 9.83. The van der Waals surface area contributed by atoms with E-state index in [4.69, 9.17) is 54.2 Å². The van der Waals surface area contributed by atoms with Gasteiger partial charge in [0.05, 0.1) is 83.4 Å². The lowest BCUT2D eigenvalue weighted by Crippen LogP contribution is -2.63. The monoisotopic (exact) mass is 1190 g/mol. The Balaban J connectivity index is 1.14. The number of aliphatic hydroxyl groups is 1. The molecule has 0 aromatic heterocycles. The standard InChI is InChI=1S/C57H84ClN5O18S/c1-35-13-12-14-44(74-11)57(72)34-42(79-54(71)60-57)37(3)51-56(7,81-51)45(33-48(67)62(9)40-30-39(29-35)31-41(73-10)50(40)58)80-53(70)38(4)61(8)47(66)15-18-55(5,6)82-43-32-49(68)63(52(43)69)20-16-46(65)59-19-22-76-24-26-78-28-27-77-25-23-75-21-17-36(2)64/h12-14,30-31,37-38,42-45,51,72H,15-29,32-34H2,1-11H3,(H,59,65)(H,60,71)/b14-12+,35-13+/t37-,38+,42+,43?,44-,45+,51+,56+,57+/m1/s1. The molecule has 4 bridgehead atoms. The quantitative estimate of drug-likeness (QED) is 0.0451. The Labute approximate surface area is 490 Å². The highest BCUT2D eigenvalue weighted by atomic mass is 35.5. The van der Waals surface area contributed by atoms with Crippen LogP contribution in [0.2, 0.25) is 5.02 Å². The number of likely N-dealkylation sites (N-methyl/N-ethyl adjacent to an activating group) is 1. The van der Waals surface area contributed by atoms with Crippen molar-refractivity contribution in [2.24, 2.45) is 5.92 Å². The highest BCUT2D eigenvalue weighted by Crippen LogP contribution is 2.49. The predicted octanol–water partition coefficient (Wildman–Crippen LogP) is 4.49. The molecule has 1 aromatic carbocycles. The van der Waals surface area contributed by atoms with Gasteiger partial charge in [-0.05, 0) is 58.2 Å². The fraction of sp³-hybridized carbons (Fsp3) is 0.684. The van der Waals surface area contributed by atoms with Crippen LogP contribution in [0, 0.1) is 5.92 Å². The number of hydrogen-bond acceptors (Lipinski definition) is 19. The number of hydrogen-bond donors (Lipinski definition) is 3. The number of imide groups is 1. The number of nitrogens with one attached hydrogen (secondary N) is 2. The number of fused-ring (bicyclic) bond motifs is 5. The van der Waals surface area contributed by atoms with Gasteiger partial charge in [0.25, 0.3) is 0 Å². The zero-order chi connectivity index (χ0) is 60.5. The number of likely N-dealkylation sites (tertiary alicyclic amines) is 1. The molecule has 3 N–H and O–H groups in total. The van der Waals surface area contributed by atoms with Gasteiger partial charge in [0.15, 0.2) is 5.72 Å². The second kappa shape index (κ2) is 31.1. The van der Waals surface area contributed by atoms with Gasteiger partial charge in [-0.3, -0.25) is 39.0 Å². The van der Waals surface area contributed by atoms with Gasteiger partial charge < -0.3 is 62.9 Å². The molecular weight excluding hydrogens is 1110 g/mol. The number of esters is 1. The Bertz CT molecular complexity index is 2500. The van der Waals surface area contributed by atoms with E-state index in [1.807, 2.05) is 26.8 Å². The molecule has 0 spiro atoms. The first kappa shape index (κ1) is 67.6. The number of anilines is 1.